The maximum absolute atomic E-state index is 14.3. The molecule has 4 nitrogen and oxygen atoms in total. The minimum atomic E-state index is -0.346. The molecule has 28 heavy (non-hydrogen) atoms. The smallest absolute Gasteiger partial charge is 0.252 e. The Hall–Kier alpha value is -2.79. The molecule has 1 saturated heterocycles. The van der Waals surface area contributed by atoms with Gasteiger partial charge in [0.15, 0.2) is 0 Å². The highest BCUT2D eigenvalue weighted by molar-refractivity contribution is 6.07. The van der Waals surface area contributed by atoms with Gasteiger partial charge in [-0.15, -0.1) is 0 Å². The van der Waals surface area contributed by atoms with E-state index in [4.69, 9.17) is 0 Å². The molecule has 2 heterocycles. The van der Waals surface area contributed by atoms with Crippen molar-refractivity contribution in [1.82, 2.24) is 15.2 Å². The normalized spacial score (nSPS) is 14.9. The minimum Gasteiger partial charge on any atom is -0.351 e. The highest BCUT2D eigenvalue weighted by atomic mass is 19.1. The van der Waals surface area contributed by atoms with E-state index in [0.29, 0.717) is 28.9 Å². The Morgan fingerprint density at radius 2 is 1.79 bits per heavy atom. The van der Waals surface area contributed by atoms with Gasteiger partial charge < -0.3 is 10.2 Å². The average Bonchev–Trinajstić information content (AvgIpc) is 2.74. The molecule has 1 aliphatic rings. The van der Waals surface area contributed by atoms with Crippen LogP contribution in [-0.4, -0.2) is 42.0 Å². The average molecular weight is 377 g/mol. The first kappa shape index (κ1) is 18.6. The molecule has 0 bridgehead atoms. The maximum atomic E-state index is 14.3. The number of fused-ring (bicyclic) bond motifs is 1. The highest BCUT2D eigenvalue weighted by Crippen LogP contribution is 2.26. The van der Waals surface area contributed by atoms with Crippen LogP contribution in [0.1, 0.15) is 29.6 Å². The van der Waals surface area contributed by atoms with E-state index in [0.717, 1.165) is 25.0 Å². The molecular formula is C23H24FN3O. The summed E-state index contributed by atoms with van der Waals surface area (Å²) in [7, 11) is 0. The van der Waals surface area contributed by atoms with Gasteiger partial charge in [0.1, 0.15) is 5.82 Å². The van der Waals surface area contributed by atoms with Crippen molar-refractivity contribution in [3.05, 3.63) is 66.0 Å². The number of carbonyl (C=O) groups excluding carboxylic acids is 1. The molecule has 0 saturated carbocycles. The van der Waals surface area contributed by atoms with E-state index in [-0.39, 0.29) is 11.7 Å². The molecule has 4 rings (SSSR count). The van der Waals surface area contributed by atoms with Gasteiger partial charge in [0, 0.05) is 24.0 Å². The van der Waals surface area contributed by atoms with Gasteiger partial charge in [-0.25, -0.2) is 9.37 Å². The van der Waals surface area contributed by atoms with Crippen LogP contribution in [-0.2, 0) is 0 Å². The van der Waals surface area contributed by atoms with Gasteiger partial charge in [-0.3, -0.25) is 4.79 Å². The summed E-state index contributed by atoms with van der Waals surface area (Å²) < 4.78 is 14.3. The second kappa shape index (κ2) is 8.48. The Morgan fingerprint density at radius 3 is 2.61 bits per heavy atom. The summed E-state index contributed by atoms with van der Waals surface area (Å²) in [6, 6.07) is 15.7. The monoisotopic (exact) mass is 377 g/mol. The highest BCUT2D eigenvalue weighted by Gasteiger charge is 2.16. The molecule has 1 amide bonds. The van der Waals surface area contributed by atoms with Gasteiger partial charge in [0.05, 0.1) is 16.8 Å². The van der Waals surface area contributed by atoms with E-state index in [1.54, 1.807) is 24.3 Å². The fourth-order valence-electron chi connectivity index (χ4n) is 3.78. The Balaban J connectivity index is 1.59. The summed E-state index contributed by atoms with van der Waals surface area (Å²) in [4.78, 5) is 19.9. The molecule has 0 unspecified atom stereocenters. The Bertz CT molecular complexity index is 982. The number of hydrogen-bond donors (Lipinski definition) is 1. The summed E-state index contributed by atoms with van der Waals surface area (Å²) in [5.41, 5.74) is 2.08. The van der Waals surface area contributed by atoms with Crippen LogP contribution in [0.25, 0.3) is 22.2 Å². The molecule has 1 aliphatic heterocycles. The van der Waals surface area contributed by atoms with Crippen LogP contribution in [0.3, 0.4) is 0 Å². The van der Waals surface area contributed by atoms with Gasteiger partial charge in [0.2, 0.25) is 0 Å². The van der Waals surface area contributed by atoms with Gasteiger partial charge in [0.25, 0.3) is 5.91 Å². The molecule has 1 fully saturated rings. The van der Waals surface area contributed by atoms with E-state index in [1.165, 1.54) is 25.3 Å². The molecule has 0 atom stereocenters. The number of nitrogens with one attached hydrogen (secondary N) is 1. The van der Waals surface area contributed by atoms with Crippen LogP contribution >= 0.6 is 0 Å². The number of pyridine rings is 1. The number of amides is 1. The van der Waals surface area contributed by atoms with Crippen molar-refractivity contribution in [2.75, 3.05) is 26.2 Å². The third kappa shape index (κ3) is 4.04. The van der Waals surface area contributed by atoms with Crippen LogP contribution in [0.15, 0.2) is 54.6 Å². The zero-order valence-electron chi connectivity index (χ0n) is 15.8. The molecule has 3 aromatic rings. The van der Waals surface area contributed by atoms with E-state index in [2.05, 4.69) is 15.2 Å². The van der Waals surface area contributed by atoms with Crippen molar-refractivity contribution in [3.63, 3.8) is 0 Å². The van der Waals surface area contributed by atoms with Crippen LogP contribution < -0.4 is 5.32 Å². The first-order chi connectivity index (χ1) is 13.7. The van der Waals surface area contributed by atoms with Gasteiger partial charge in [-0.1, -0.05) is 36.8 Å². The first-order valence-electron chi connectivity index (χ1n) is 9.87. The van der Waals surface area contributed by atoms with E-state index in [9.17, 15) is 9.18 Å². The number of benzene rings is 2. The standard InChI is InChI=1S/C23H24FN3O/c24-20-10-4-2-9-18(20)22-16-19(17-8-3-5-11-21(17)26-22)23(28)25-12-15-27-13-6-1-7-14-27/h2-5,8-11,16H,1,6-7,12-15H2,(H,25,28). The minimum absolute atomic E-state index is 0.145. The zero-order valence-corrected chi connectivity index (χ0v) is 15.8. The Labute approximate surface area is 164 Å². The summed E-state index contributed by atoms with van der Waals surface area (Å²) in [6.45, 7) is 3.66. The predicted octanol–water partition coefficient (Wildman–Crippen LogP) is 4.26. The summed E-state index contributed by atoms with van der Waals surface area (Å²) in [6.07, 6.45) is 3.76. The van der Waals surface area contributed by atoms with Gasteiger partial charge >= 0.3 is 0 Å². The van der Waals surface area contributed by atoms with Crippen molar-refractivity contribution in [2.45, 2.75) is 19.3 Å². The second-order valence-corrected chi connectivity index (χ2v) is 7.21. The number of hydrogen-bond acceptors (Lipinski definition) is 3. The summed E-state index contributed by atoms with van der Waals surface area (Å²) in [5, 5.41) is 3.81. The van der Waals surface area contributed by atoms with Crippen molar-refractivity contribution in [3.8, 4) is 11.3 Å². The largest absolute Gasteiger partial charge is 0.351 e. The maximum Gasteiger partial charge on any atom is 0.252 e. The van der Waals surface area contributed by atoms with E-state index < -0.39 is 0 Å². The molecule has 2 aromatic carbocycles. The SMILES string of the molecule is O=C(NCCN1CCCCC1)c1cc(-c2ccccc2F)nc2ccccc12. The lowest BCUT2D eigenvalue weighted by Crippen LogP contribution is -2.37. The van der Waals surface area contributed by atoms with Crippen LogP contribution in [0.4, 0.5) is 4.39 Å². The number of rotatable bonds is 5. The van der Waals surface area contributed by atoms with Gasteiger partial charge in [-0.2, -0.15) is 0 Å². The number of para-hydroxylation sites is 1. The first-order valence-corrected chi connectivity index (χ1v) is 9.87. The summed E-state index contributed by atoms with van der Waals surface area (Å²) >= 11 is 0. The van der Waals surface area contributed by atoms with Crippen LogP contribution in [0.2, 0.25) is 0 Å². The lowest BCUT2D eigenvalue weighted by Gasteiger charge is -2.26. The molecule has 1 N–H and O–H groups in total. The van der Waals surface area contributed by atoms with Crippen molar-refractivity contribution in [1.29, 1.82) is 0 Å². The fourth-order valence-corrected chi connectivity index (χ4v) is 3.78. The second-order valence-electron chi connectivity index (χ2n) is 7.21. The van der Waals surface area contributed by atoms with Crippen molar-refractivity contribution < 1.29 is 9.18 Å². The van der Waals surface area contributed by atoms with Gasteiger partial charge in [-0.05, 0) is 50.2 Å². The number of carbonyl (C=O) groups is 1. The number of halogens is 1. The lowest BCUT2D eigenvalue weighted by molar-refractivity contribution is 0.0948. The van der Waals surface area contributed by atoms with Crippen LogP contribution in [0, 0.1) is 5.82 Å². The van der Waals surface area contributed by atoms with Crippen molar-refractivity contribution >= 4 is 16.8 Å². The molecule has 0 aliphatic carbocycles. The van der Waals surface area contributed by atoms with E-state index >= 15 is 0 Å². The lowest BCUT2D eigenvalue weighted by atomic mass is 10.0. The number of nitrogens with zero attached hydrogens (tertiary/aromatic N) is 2. The van der Waals surface area contributed by atoms with Crippen LogP contribution in [0.5, 0.6) is 0 Å². The number of likely N-dealkylation sites (tertiary alicyclic amines) is 1. The predicted molar refractivity (Wildman–Crippen MR) is 110 cm³/mol. The number of aromatic nitrogens is 1. The summed E-state index contributed by atoms with van der Waals surface area (Å²) in [5.74, 6) is -0.491. The Morgan fingerprint density at radius 1 is 1.04 bits per heavy atom. The fraction of sp³-hybridized carbons (Fsp3) is 0.304. The zero-order chi connectivity index (χ0) is 19.3. The molecule has 1 aromatic heterocycles. The number of piperidine rings is 1. The quantitative estimate of drug-likeness (QED) is 0.723. The molecule has 0 spiro atoms. The Kier molecular flexibility index (Phi) is 5.63. The van der Waals surface area contributed by atoms with E-state index in [1.807, 2.05) is 24.3 Å². The third-order valence-corrected chi connectivity index (χ3v) is 5.27. The van der Waals surface area contributed by atoms with Crippen molar-refractivity contribution in [2.24, 2.45) is 0 Å². The molecule has 5 heteroatoms. The third-order valence-electron chi connectivity index (χ3n) is 5.27. The molecule has 0 radical (unpaired) electrons. The topological polar surface area (TPSA) is 45.2 Å². The molecular weight excluding hydrogens is 353 g/mol. The molecule has 144 valence electrons.